The lowest BCUT2D eigenvalue weighted by Crippen LogP contribution is -2.32. The lowest BCUT2D eigenvalue weighted by Gasteiger charge is -2.21. The van der Waals surface area contributed by atoms with Crippen molar-refractivity contribution in [2.75, 3.05) is 19.7 Å². The van der Waals surface area contributed by atoms with E-state index in [1.54, 1.807) is 0 Å². The van der Waals surface area contributed by atoms with Crippen LogP contribution in [0.1, 0.15) is 26.7 Å². The van der Waals surface area contributed by atoms with Crippen LogP contribution >= 0.6 is 0 Å². The standard InChI is InChI=1S/C9H18N2O/c1-9(2,8-12)7-11-6-4-3-5-10/h11-12H,3-4,6-8H2,1-2H3. The van der Waals surface area contributed by atoms with Gasteiger partial charge in [-0.25, -0.2) is 0 Å². The van der Waals surface area contributed by atoms with E-state index < -0.39 is 0 Å². The Balaban J connectivity index is 3.26. The van der Waals surface area contributed by atoms with Gasteiger partial charge in [-0.2, -0.15) is 5.26 Å². The van der Waals surface area contributed by atoms with Gasteiger partial charge in [0.15, 0.2) is 0 Å². The predicted octanol–water partition coefficient (Wildman–Crippen LogP) is 0.898. The number of hydrogen-bond donors (Lipinski definition) is 2. The molecule has 0 aliphatic rings. The topological polar surface area (TPSA) is 56.0 Å². The molecule has 0 aromatic rings. The van der Waals surface area contributed by atoms with Crippen LogP contribution in [0, 0.1) is 16.7 Å². The molecule has 3 nitrogen and oxygen atoms in total. The first-order chi connectivity index (χ1) is 5.62. The maximum Gasteiger partial charge on any atom is 0.0622 e. The largest absolute Gasteiger partial charge is 0.396 e. The minimum Gasteiger partial charge on any atom is -0.396 e. The molecule has 0 rings (SSSR count). The molecular formula is C9H18N2O. The van der Waals surface area contributed by atoms with Crippen LogP contribution in [0.5, 0.6) is 0 Å². The summed E-state index contributed by atoms with van der Waals surface area (Å²) in [5, 5.41) is 20.4. The number of aliphatic hydroxyl groups excluding tert-OH is 1. The first kappa shape index (κ1) is 11.4. The molecule has 0 radical (unpaired) electrons. The number of nitrogens with one attached hydrogen (secondary N) is 1. The van der Waals surface area contributed by atoms with Gasteiger partial charge >= 0.3 is 0 Å². The van der Waals surface area contributed by atoms with E-state index in [1.165, 1.54) is 0 Å². The quantitative estimate of drug-likeness (QED) is 0.582. The molecule has 0 amide bonds. The molecule has 0 aromatic carbocycles. The second kappa shape index (κ2) is 5.99. The van der Waals surface area contributed by atoms with Crippen LogP contribution in [0.25, 0.3) is 0 Å². The number of rotatable bonds is 6. The van der Waals surface area contributed by atoms with E-state index in [-0.39, 0.29) is 12.0 Å². The van der Waals surface area contributed by atoms with Crippen molar-refractivity contribution in [2.24, 2.45) is 5.41 Å². The number of unbranched alkanes of at least 4 members (excludes halogenated alkanes) is 1. The van der Waals surface area contributed by atoms with E-state index in [4.69, 9.17) is 10.4 Å². The Morgan fingerprint density at radius 1 is 1.50 bits per heavy atom. The Hall–Kier alpha value is -0.590. The fourth-order valence-electron chi connectivity index (χ4n) is 0.775. The minimum atomic E-state index is -0.0490. The average molecular weight is 170 g/mol. The van der Waals surface area contributed by atoms with Crippen molar-refractivity contribution in [3.63, 3.8) is 0 Å². The normalized spacial score (nSPS) is 11.2. The summed E-state index contributed by atoms with van der Waals surface area (Å²) in [6.45, 7) is 5.86. The molecule has 0 saturated heterocycles. The zero-order valence-electron chi connectivity index (χ0n) is 7.93. The SMILES string of the molecule is CC(C)(CO)CNCCCC#N. The van der Waals surface area contributed by atoms with Crippen molar-refractivity contribution < 1.29 is 5.11 Å². The third kappa shape index (κ3) is 6.14. The highest BCUT2D eigenvalue weighted by Gasteiger charge is 2.14. The highest BCUT2D eigenvalue weighted by molar-refractivity contribution is 4.72. The fourth-order valence-corrected chi connectivity index (χ4v) is 0.775. The zero-order valence-corrected chi connectivity index (χ0v) is 7.93. The van der Waals surface area contributed by atoms with Gasteiger partial charge in [0.05, 0.1) is 6.07 Å². The summed E-state index contributed by atoms with van der Waals surface area (Å²) in [5.41, 5.74) is -0.0490. The number of aliphatic hydroxyl groups is 1. The van der Waals surface area contributed by atoms with E-state index in [2.05, 4.69) is 11.4 Å². The van der Waals surface area contributed by atoms with E-state index in [1.807, 2.05) is 13.8 Å². The Morgan fingerprint density at radius 2 is 2.17 bits per heavy atom. The van der Waals surface area contributed by atoms with Crippen molar-refractivity contribution in [3.05, 3.63) is 0 Å². The van der Waals surface area contributed by atoms with Crippen molar-refractivity contribution in [1.82, 2.24) is 5.32 Å². The maximum atomic E-state index is 8.90. The molecule has 12 heavy (non-hydrogen) atoms. The van der Waals surface area contributed by atoms with Crippen LogP contribution in [-0.2, 0) is 0 Å². The second-order valence-electron chi connectivity index (χ2n) is 3.76. The summed E-state index contributed by atoms with van der Waals surface area (Å²) in [6, 6.07) is 2.09. The van der Waals surface area contributed by atoms with Gasteiger partial charge in [-0.1, -0.05) is 13.8 Å². The Kier molecular flexibility index (Phi) is 5.69. The van der Waals surface area contributed by atoms with Crippen LogP contribution in [0.2, 0.25) is 0 Å². The monoisotopic (exact) mass is 170 g/mol. The van der Waals surface area contributed by atoms with Crippen LogP contribution in [0.4, 0.5) is 0 Å². The smallest absolute Gasteiger partial charge is 0.0622 e. The van der Waals surface area contributed by atoms with Crippen molar-refractivity contribution in [2.45, 2.75) is 26.7 Å². The molecule has 3 heteroatoms. The van der Waals surface area contributed by atoms with Gasteiger partial charge < -0.3 is 10.4 Å². The third-order valence-electron chi connectivity index (χ3n) is 1.67. The van der Waals surface area contributed by atoms with Gasteiger partial charge in [-0.3, -0.25) is 0 Å². The summed E-state index contributed by atoms with van der Waals surface area (Å²) in [6.07, 6.45) is 1.49. The zero-order chi connectivity index (χ0) is 9.45. The molecule has 0 atom stereocenters. The maximum absolute atomic E-state index is 8.90. The fraction of sp³-hybridized carbons (Fsp3) is 0.889. The summed E-state index contributed by atoms with van der Waals surface area (Å²) < 4.78 is 0. The Bertz CT molecular complexity index is 149. The molecule has 0 unspecified atom stereocenters. The molecule has 0 bridgehead atoms. The van der Waals surface area contributed by atoms with Crippen LogP contribution < -0.4 is 5.32 Å². The van der Waals surface area contributed by atoms with Crippen molar-refractivity contribution >= 4 is 0 Å². The number of hydrogen-bond acceptors (Lipinski definition) is 3. The molecule has 0 spiro atoms. The minimum absolute atomic E-state index is 0.0490. The third-order valence-corrected chi connectivity index (χ3v) is 1.67. The first-order valence-electron chi connectivity index (χ1n) is 4.31. The molecular weight excluding hydrogens is 152 g/mol. The summed E-state index contributed by atoms with van der Waals surface area (Å²) in [5.74, 6) is 0. The molecule has 0 aliphatic heterocycles. The molecule has 2 N–H and O–H groups in total. The molecule has 0 fully saturated rings. The van der Waals surface area contributed by atoms with Crippen molar-refractivity contribution in [3.8, 4) is 6.07 Å². The predicted molar refractivity (Wildman–Crippen MR) is 48.6 cm³/mol. The van der Waals surface area contributed by atoms with Crippen molar-refractivity contribution in [1.29, 1.82) is 5.26 Å². The summed E-state index contributed by atoms with van der Waals surface area (Å²) in [4.78, 5) is 0. The van der Waals surface area contributed by atoms with Crippen LogP contribution in [-0.4, -0.2) is 24.8 Å². The number of nitriles is 1. The van der Waals surface area contributed by atoms with Gasteiger partial charge in [-0.15, -0.1) is 0 Å². The van der Waals surface area contributed by atoms with Crippen LogP contribution in [0.15, 0.2) is 0 Å². The average Bonchev–Trinajstić information content (AvgIpc) is 2.04. The number of nitrogens with zero attached hydrogens (tertiary/aromatic N) is 1. The van der Waals surface area contributed by atoms with E-state index in [0.717, 1.165) is 19.5 Å². The lowest BCUT2D eigenvalue weighted by atomic mass is 9.95. The Morgan fingerprint density at radius 3 is 2.67 bits per heavy atom. The molecule has 70 valence electrons. The second-order valence-corrected chi connectivity index (χ2v) is 3.76. The lowest BCUT2D eigenvalue weighted by molar-refractivity contribution is 0.157. The molecule has 0 heterocycles. The van der Waals surface area contributed by atoms with Gasteiger partial charge in [0.2, 0.25) is 0 Å². The Labute approximate surface area is 74.4 Å². The highest BCUT2D eigenvalue weighted by atomic mass is 16.3. The van der Waals surface area contributed by atoms with E-state index >= 15 is 0 Å². The van der Waals surface area contributed by atoms with Gasteiger partial charge in [0.1, 0.15) is 0 Å². The highest BCUT2D eigenvalue weighted by Crippen LogP contribution is 2.10. The molecule has 0 saturated carbocycles. The van der Waals surface area contributed by atoms with Gasteiger partial charge in [-0.05, 0) is 13.0 Å². The summed E-state index contributed by atoms with van der Waals surface area (Å²) >= 11 is 0. The molecule has 0 aromatic heterocycles. The van der Waals surface area contributed by atoms with E-state index in [9.17, 15) is 0 Å². The van der Waals surface area contributed by atoms with Gasteiger partial charge in [0, 0.05) is 25.0 Å². The van der Waals surface area contributed by atoms with E-state index in [0.29, 0.717) is 6.42 Å². The molecule has 0 aliphatic carbocycles. The van der Waals surface area contributed by atoms with Crippen LogP contribution in [0.3, 0.4) is 0 Å². The summed E-state index contributed by atoms with van der Waals surface area (Å²) in [7, 11) is 0. The first-order valence-corrected chi connectivity index (χ1v) is 4.31. The van der Waals surface area contributed by atoms with Gasteiger partial charge in [0.25, 0.3) is 0 Å².